The number of halogens is 1. The van der Waals surface area contributed by atoms with Crippen molar-refractivity contribution in [3.63, 3.8) is 0 Å². The fraction of sp³-hybridized carbons (Fsp3) is 0.200. The van der Waals surface area contributed by atoms with Gasteiger partial charge in [0.15, 0.2) is 11.5 Å². The number of imide groups is 1. The van der Waals surface area contributed by atoms with Gasteiger partial charge in [-0.2, -0.15) is 0 Å². The molecule has 1 saturated heterocycles. The minimum absolute atomic E-state index is 0.0938. The fourth-order valence-electron chi connectivity index (χ4n) is 2.57. The van der Waals surface area contributed by atoms with Crippen LogP contribution in [0.25, 0.3) is 6.08 Å². The van der Waals surface area contributed by atoms with Crippen LogP contribution in [0.5, 0.6) is 17.2 Å². The number of aryl methyl sites for hydroxylation is 1. The molecular weight excluding hydrogens is 402 g/mol. The molecule has 0 unspecified atom stereocenters. The molecule has 6 nitrogen and oxygen atoms in total. The summed E-state index contributed by atoms with van der Waals surface area (Å²) in [6.07, 6.45) is 1.54. The molecule has 2 aromatic carbocycles. The van der Waals surface area contributed by atoms with Gasteiger partial charge in [0, 0.05) is 0 Å². The van der Waals surface area contributed by atoms with Crippen molar-refractivity contribution >= 4 is 40.6 Å². The quantitative estimate of drug-likeness (QED) is 0.696. The van der Waals surface area contributed by atoms with E-state index in [4.69, 9.17) is 21.1 Å². The molecule has 2 amide bonds. The smallest absolute Gasteiger partial charge is 0.293 e. The van der Waals surface area contributed by atoms with E-state index in [1.54, 1.807) is 6.08 Å². The van der Waals surface area contributed by atoms with Crippen LogP contribution in [-0.2, 0) is 4.79 Å². The van der Waals surface area contributed by atoms with Gasteiger partial charge in [-0.3, -0.25) is 14.5 Å². The van der Waals surface area contributed by atoms with Crippen LogP contribution < -0.4 is 9.47 Å². The highest BCUT2D eigenvalue weighted by molar-refractivity contribution is 8.18. The van der Waals surface area contributed by atoms with Crippen molar-refractivity contribution in [1.82, 2.24) is 4.90 Å². The fourth-order valence-corrected chi connectivity index (χ4v) is 3.65. The number of aromatic hydroxyl groups is 1. The van der Waals surface area contributed by atoms with Crippen molar-refractivity contribution in [3.8, 4) is 17.2 Å². The van der Waals surface area contributed by atoms with E-state index in [0.29, 0.717) is 11.3 Å². The highest BCUT2D eigenvalue weighted by Gasteiger charge is 2.34. The number of phenols is 1. The SMILES string of the molecule is COc1cc(/C=C2\SC(=O)N(CCOc3ccc(C)cc3)C2=O)cc(Cl)c1O. The number of hydrogen-bond donors (Lipinski definition) is 1. The van der Waals surface area contributed by atoms with E-state index in [-0.39, 0.29) is 39.8 Å². The first-order valence-corrected chi connectivity index (χ1v) is 9.60. The molecule has 1 heterocycles. The molecule has 1 fully saturated rings. The van der Waals surface area contributed by atoms with Crippen LogP contribution in [0.1, 0.15) is 11.1 Å². The van der Waals surface area contributed by atoms with Crippen LogP contribution in [-0.4, -0.2) is 41.4 Å². The first-order chi connectivity index (χ1) is 13.4. The first kappa shape index (κ1) is 20.1. The minimum atomic E-state index is -0.398. The summed E-state index contributed by atoms with van der Waals surface area (Å²) in [6, 6.07) is 10.6. The van der Waals surface area contributed by atoms with Crippen molar-refractivity contribution in [2.24, 2.45) is 0 Å². The number of carbonyl (C=O) groups excluding carboxylic acids is 2. The second kappa shape index (κ2) is 8.58. The van der Waals surface area contributed by atoms with E-state index in [1.807, 2.05) is 31.2 Å². The topological polar surface area (TPSA) is 76.1 Å². The molecule has 8 heteroatoms. The standard InChI is InChI=1S/C20H18ClNO5S/c1-12-3-5-14(6-4-12)27-8-7-22-19(24)17(28-20(22)25)11-13-9-15(21)18(23)16(10-13)26-2/h3-6,9-11,23H,7-8H2,1-2H3/b17-11-. The monoisotopic (exact) mass is 419 g/mol. The third-order valence-corrected chi connectivity index (χ3v) is 5.24. The van der Waals surface area contributed by atoms with Crippen molar-refractivity contribution in [3.05, 3.63) is 57.5 Å². The maximum absolute atomic E-state index is 12.6. The van der Waals surface area contributed by atoms with Crippen molar-refractivity contribution in [2.75, 3.05) is 20.3 Å². The molecule has 0 atom stereocenters. The van der Waals surface area contributed by atoms with Gasteiger partial charge in [-0.15, -0.1) is 0 Å². The van der Waals surface area contributed by atoms with E-state index >= 15 is 0 Å². The number of carbonyl (C=O) groups is 2. The molecule has 0 aromatic heterocycles. The molecular formula is C20H18ClNO5S. The number of phenolic OH excluding ortho intramolecular Hbond substituents is 1. The van der Waals surface area contributed by atoms with Crippen molar-refractivity contribution in [1.29, 1.82) is 0 Å². The van der Waals surface area contributed by atoms with Gasteiger partial charge in [0.05, 0.1) is 23.6 Å². The average molecular weight is 420 g/mol. The third kappa shape index (κ3) is 4.43. The van der Waals surface area contributed by atoms with Crippen molar-refractivity contribution < 1.29 is 24.2 Å². The molecule has 1 aliphatic rings. The Bertz CT molecular complexity index is 942. The van der Waals surface area contributed by atoms with Crippen LogP contribution >= 0.6 is 23.4 Å². The Labute approximate surface area is 171 Å². The highest BCUT2D eigenvalue weighted by Crippen LogP contribution is 2.37. The van der Waals surface area contributed by atoms with E-state index < -0.39 is 5.91 Å². The molecule has 0 bridgehead atoms. The molecule has 2 aromatic rings. The molecule has 1 N–H and O–H groups in total. The summed E-state index contributed by atoms with van der Waals surface area (Å²) in [5, 5.41) is 9.53. The van der Waals surface area contributed by atoms with E-state index in [0.717, 1.165) is 22.2 Å². The van der Waals surface area contributed by atoms with Gasteiger partial charge < -0.3 is 14.6 Å². The summed E-state index contributed by atoms with van der Waals surface area (Å²) in [5.41, 5.74) is 1.66. The lowest BCUT2D eigenvalue weighted by molar-refractivity contribution is -0.123. The third-order valence-electron chi connectivity index (χ3n) is 4.05. The molecule has 146 valence electrons. The Balaban J connectivity index is 1.68. The Morgan fingerprint density at radius 1 is 1.21 bits per heavy atom. The minimum Gasteiger partial charge on any atom is -0.503 e. The second-order valence-electron chi connectivity index (χ2n) is 6.05. The average Bonchev–Trinajstić information content (AvgIpc) is 2.93. The summed E-state index contributed by atoms with van der Waals surface area (Å²) in [6.45, 7) is 2.33. The van der Waals surface area contributed by atoms with E-state index in [9.17, 15) is 14.7 Å². The number of thioether (sulfide) groups is 1. The van der Waals surface area contributed by atoms with Gasteiger partial charge in [-0.25, -0.2) is 0 Å². The van der Waals surface area contributed by atoms with Crippen LogP contribution in [0, 0.1) is 6.92 Å². The lowest BCUT2D eigenvalue weighted by Crippen LogP contribution is -2.32. The van der Waals surface area contributed by atoms with Crippen LogP contribution in [0.15, 0.2) is 41.3 Å². The van der Waals surface area contributed by atoms with Gasteiger partial charge in [-0.1, -0.05) is 29.3 Å². The molecule has 28 heavy (non-hydrogen) atoms. The first-order valence-electron chi connectivity index (χ1n) is 8.40. The lowest BCUT2D eigenvalue weighted by Gasteiger charge is -2.13. The molecule has 0 spiro atoms. The highest BCUT2D eigenvalue weighted by atomic mass is 35.5. The molecule has 1 aliphatic heterocycles. The number of hydrogen-bond acceptors (Lipinski definition) is 6. The van der Waals surface area contributed by atoms with E-state index in [2.05, 4.69) is 0 Å². The maximum Gasteiger partial charge on any atom is 0.293 e. The Kier molecular flexibility index (Phi) is 6.16. The normalized spacial score (nSPS) is 15.4. The zero-order valence-corrected chi connectivity index (χ0v) is 16.8. The predicted molar refractivity (Wildman–Crippen MR) is 109 cm³/mol. The zero-order valence-electron chi connectivity index (χ0n) is 15.3. The van der Waals surface area contributed by atoms with Gasteiger partial charge in [0.25, 0.3) is 11.1 Å². The predicted octanol–water partition coefficient (Wildman–Crippen LogP) is 4.48. The van der Waals surface area contributed by atoms with Gasteiger partial charge in [-0.05, 0) is 54.6 Å². The summed E-state index contributed by atoms with van der Waals surface area (Å²) in [4.78, 5) is 26.2. The number of amides is 2. The number of benzene rings is 2. The summed E-state index contributed by atoms with van der Waals surface area (Å²) in [7, 11) is 1.40. The lowest BCUT2D eigenvalue weighted by atomic mass is 10.2. The van der Waals surface area contributed by atoms with Crippen LogP contribution in [0.4, 0.5) is 4.79 Å². The Morgan fingerprint density at radius 2 is 1.93 bits per heavy atom. The summed E-state index contributed by atoms with van der Waals surface area (Å²) >= 11 is 6.81. The number of rotatable bonds is 6. The molecule has 0 aliphatic carbocycles. The Hall–Kier alpha value is -2.64. The largest absolute Gasteiger partial charge is 0.503 e. The zero-order chi connectivity index (χ0) is 20.3. The second-order valence-corrected chi connectivity index (χ2v) is 7.45. The van der Waals surface area contributed by atoms with Crippen LogP contribution in [0.3, 0.4) is 0 Å². The van der Waals surface area contributed by atoms with Gasteiger partial charge in [0.2, 0.25) is 0 Å². The van der Waals surface area contributed by atoms with Crippen LogP contribution in [0.2, 0.25) is 5.02 Å². The summed E-state index contributed by atoms with van der Waals surface area (Å²) in [5.74, 6) is 0.289. The van der Waals surface area contributed by atoms with Gasteiger partial charge in [0.1, 0.15) is 12.4 Å². The Morgan fingerprint density at radius 3 is 2.61 bits per heavy atom. The number of ether oxygens (including phenoxy) is 2. The number of nitrogens with zero attached hydrogens (tertiary/aromatic N) is 1. The van der Waals surface area contributed by atoms with Gasteiger partial charge >= 0.3 is 0 Å². The molecule has 0 saturated carbocycles. The van der Waals surface area contributed by atoms with E-state index in [1.165, 1.54) is 19.2 Å². The molecule has 0 radical (unpaired) electrons. The summed E-state index contributed by atoms with van der Waals surface area (Å²) < 4.78 is 10.6. The molecule has 3 rings (SSSR count). The number of methoxy groups -OCH3 is 1. The maximum atomic E-state index is 12.6. The van der Waals surface area contributed by atoms with Crippen molar-refractivity contribution in [2.45, 2.75) is 6.92 Å².